The molecule has 0 amide bonds. The summed E-state index contributed by atoms with van der Waals surface area (Å²) in [4.78, 5) is 17.4. The highest BCUT2D eigenvalue weighted by molar-refractivity contribution is 9.10. The van der Waals surface area contributed by atoms with Gasteiger partial charge in [-0.2, -0.15) is 0 Å². The first kappa shape index (κ1) is 16.0. The van der Waals surface area contributed by atoms with E-state index < -0.39 is 0 Å². The van der Waals surface area contributed by atoms with Crippen LogP contribution in [0, 0.1) is 0 Å². The normalized spacial score (nSPS) is 17.9. The Bertz CT molecular complexity index is 645. The highest BCUT2D eigenvalue weighted by Gasteiger charge is 2.21. The Labute approximate surface area is 145 Å². The summed E-state index contributed by atoms with van der Waals surface area (Å²) in [5.74, 6) is 2.81. The van der Waals surface area contributed by atoms with Gasteiger partial charge in [0.1, 0.15) is 23.8 Å². The minimum Gasteiger partial charge on any atom is -0.365 e. The number of pyridine rings is 1. The maximum Gasteiger partial charge on any atom is 0.133 e. The van der Waals surface area contributed by atoms with Crippen molar-refractivity contribution in [2.45, 2.75) is 18.9 Å². The van der Waals surface area contributed by atoms with Gasteiger partial charge in [-0.25, -0.2) is 15.0 Å². The number of nitrogens with one attached hydrogen (secondary N) is 1. The standard InChI is InChI=1S/C16H21BrN6/c1-22(2)16-8-14(19-11-20-16)21-13-4-3-7-23(10-13)15-6-5-12(17)9-18-15/h5-6,8-9,11,13H,3-4,7,10H2,1-2H3,(H,19,20,21). The lowest BCUT2D eigenvalue weighted by Crippen LogP contribution is -2.42. The highest BCUT2D eigenvalue weighted by atomic mass is 79.9. The van der Waals surface area contributed by atoms with Crippen LogP contribution in [0.1, 0.15) is 12.8 Å². The quantitative estimate of drug-likeness (QED) is 0.885. The van der Waals surface area contributed by atoms with Crippen LogP contribution in [0.4, 0.5) is 17.5 Å². The molecule has 6 nitrogen and oxygen atoms in total. The minimum atomic E-state index is 0.360. The molecule has 1 unspecified atom stereocenters. The van der Waals surface area contributed by atoms with Gasteiger partial charge in [-0.15, -0.1) is 0 Å². The molecule has 1 N–H and O–H groups in total. The molecule has 3 heterocycles. The Balaban J connectivity index is 1.67. The van der Waals surface area contributed by atoms with Crippen molar-refractivity contribution in [3.8, 4) is 0 Å². The number of piperidine rings is 1. The van der Waals surface area contributed by atoms with E-state index in [1.165, 1.54) is 0 Å². The molecule has 1 atom stereocenters. The summed E-state index contributed by atoms with van der Waals surface area (Å²) in [6.45, 7) is 1.97. The van der Waals surface area contributed by atoms with Crippen molar-refractivity contribution >= 4 is 33.4 Å². The Hall–Kier alpha value is -1.89. The zero-order valence-corrected chi connectivity index (χ0v) is 15.0. The van der Waals surface area contributed by atoms with Crippen LogP contribution < -0.4 is 15.1 Å². The molecule has 1 fully saturated rings. The van der Waals surface area contributed by atoms with Crippen molar-refractivity contribution in [3.63, 3.8) is 0 Å². The lowest BCUT2D eigenvalue weighted by atomic mass is 10.1. The maximum atomic E-state index is 4.50. The molecule has 1 aliphatic heterocycles. The van der Waals surface area contributed by atoms with E-state index in [-0.39, 0.29) is 0 Å². The van der Waals surface area contributed by atoms with Crippen LogP contribution in [-0.2, 0) is 0 Å². The van der Waals surface area contributed by atoms with Crippen molar-refractivity contribution in [1.82, 2.24) is 15.0 Å². The zero-order valence-electron chi connectivity index (χ0n) is 13.4. The summed E-state index contributed by atoms with van der Waals surface area (Å²) in [7, 11) is 3.96. The van der Waals surface area contributed by atoms with E-state index in [4.69, 9.17) is 0 Å². The number of hydrogen-bond acceptors (Lipinski definition) is 6. The smallest absolute Gasteiger partial charge is 0.133 e. The maximum absolute atomic E-state index is 4.50. The van der Waals surface area contributed by atoms with Crippen molar-refractivity contribution in [2.75, 3.05) is 42.3 Å². The van der Waals surface area contributed by atoms with Crippen molar-refractivity contribution in [2.24, 2.45) is 0 Å². The number of rotatable bonds is 4. The number of hydrogen-bond donors (Lipinski definition) is 1. The number of nitrogens with zero attached hydrogens (tertiary/aromatic N) is 5. The summed E-state index contributed by atoms with van der Waals surface area (Å²) in [5, 5.41) is 3.53. The predicted octanol–water partition coefficient (Wildman–Crippen LogP) is 2.78. The fourth-order valence-corrected chi connectivity index (χ4v) is 2.97. The van der Waals surface area contributed by atoms with E-state index in [1.807, 2.05) is 37.3 Å². The fraction of sp³-hybridized carbons (Fsp3) is 0.438. The minimum absolute atomic E-state index is 0.360. The van der Waals surface area contributed by atoms with Crippen LogP contribution in [0.3, 0.4) is 0 Å². The van der Waals surface area contributed by atoms with Crippen LogP contribution in [0.5, 0.6) is 0 Å². The third-order valence-corrected chi connectivity index (χ3v) is 4.39. The molecule has 23 heavy (non-hydrogen) atoms. The average molecular weight is 377 g/mol. The molecule has 7 heteroatoms. The van der Waals surface area contributed by atoms with Gasteiger partial charge >= 0.3 is 0 Å². The molecule has 1 saturated heterocycles. The second-order valence-corrected chi connectivity index (χ2v) is 6.84. The predicted molar refractivity (Wildman–Crippen MR) is 97.2 cm³/mol. The molecule has 1 aliphatic rings. The summed E-state index contributed by atoms with van der Waals surface area (Å²) < 4.78 is 1.00. The van der Waals surface area contributed by atoms with E-state index >= 15 is 0 Å². The summed E-state index contributed by atoms with van der Waals surface area (Å²) >= 11 is 3.43. The Morgan fingerprint density at radius 2 is 2.13 bits per heavy atom. The van der Waals surface area contributed by atoms with Crippen LogP contribution in [-0.4, -0.2) is 48.2 Å². The van der Waals surface area contributed by atoms with E-state index in [9.17, 15) is 0 Å². The topological polar surface area (TPSA) is 57.2 Å². The number of anilines is 3. The van der Waals surface area contributed by atoms with E-state index in [0.29, 0.717) is 6.04 Å². The first-order valence-electron chi connectivity index (χ1n) is 7.74. The summed E-state index contributed by atoms with van der Waals surface area (Å²) in [6, 6.07) is 6.43. The molecule has 0 bridgehead atoms. The second-order valence-electron chi connectivity index (χ2n) is 5.92. The monoisotopic (exact) mass is 376 g/mol. The largest absolute Gasteiger partial charge is 0.365 e. The van der Waals surface area contributed by atoms with Crippen LogP contribution in [0.25, 0.3) is 0 Å². The van der Waals surface area contributed by atoms with E-state index in [2.05, 4.69) is 47.2 Å². The lowest BCUT2D eigenvalue weighted by molar-refractivity contribution is 0.525. The van der Waals surface area contributed by atoms with Gasteiger partial charge in [0.25, 0.3) is 0 Å². The number of halogens is 1. The Morgan fingerprint density at radius 3 is 2.87 bits per heavy atom. The molecule has 0 aliphatic carbocycles. The second kappa shape index (κ2) is 7.12. The molecule has 0 radical (unpaired) electrons. The molecule has 2 aromatic heterocycles. The van der Waals surface area contributed by atoms with Crippen LogP contribution >= 0.6 is 15.9 Å². The molecule has 0 aromatic carbocycles. The van der Waals surface area contributed by atoms with Crippen LogP contribution in [0.2, 0.25) is 0 Å². The summed E-state index contributed by atoms with van der Waals surface area (Å²) in [5.41, 5.74) is 0. The number of aromatic nitrogens is 3. The fourth-order valence-electron chi connectivity index (χ4n) is 2.74. The SMILES string of the molecule is CN(C)c1cc(NC2CCCN(c3ccc(Br)cn3)C2)ncn1. The summed E-state index contributed by atoms with van der Waals surface area (Å²) in [6.07, 6.45) is 5.73. The Morgan fingerprint density at radius 1 is 1.26 bits per heavy atom. The third-order valence-electron chi connectivity index (χ3n) is 3.92. The van der Waals surface area contributed by atoms with Gasteiger partial charge in [-0.3, -0.25) is 0 Å². The first-order valence-corrected chi connectivity index (χ1v) is 8.53. The first-order chi connectivity index (χ1) is 11.1. The van der Waals surface area contributed by atoms with Gasteiger partial charge in [-0.05, 0) is 40.9 Å². The van der Waals surface area contributed by atoms with Gasteiger partial charge in [0, 0.05) is 50.0 Å². The van der Waals surface area contributed by atoms with Gasteiger partial charge in [0.15, 0.2) is 0 Å². The molecule has 3 rings (SSSR count). The van der Waals surface area contributed by atoms with E-state index in [1.54, 1.807) is 6.33 Å². The highest BCUT2D eigenvalue weighted by Crippen LogP contribution is 2.22. The molecule has 0 saturated carbocycles. The van der Waals surface area contributed by atoms with Crippen molar-refractivity contribution in [1.29, 1.82) is 0 Å². The Kier molecular flexibility index (Phi) is 4.95. The average Bonchev–Trinajstić information content (AvgIpc) is 2.56. The zero-order chi connectivity index (χ0) is 16.2. The van der Waals surface area contributed by atoms with Crippen LogP contribution in [0.15, 0.2) is 35.2 Å². The molecular formula is C16H21BrN6. The van der Waals surface area contributed by atoms with Gasteiger partial charge in [0.2, 0.25) is 0 Å². The van der Waals surface area contributed by atoms with Gasteiger partial charge in [0.05, 0.1) is 0 Å². The van der Waals surface area contributed by atoms with E-state index in [0.717, 1.165) is 47.9 Å². The molecule has 122 valence electrons. The molecule has 2 aromatic rings. The van der Waals surface area contributed by atoms with Crippen molar-refractivity contribution < 1.29 is 0 Å². The molecule has 0 spiro atoms. The lowest BCUT2D eigenvalue weighted by Gasteiger charge is -2.34. The van der Waals surface area contributed by atoms with Crippen molar-refractivity contribution in [3.05, 3.63) is 35.2 Å². The van der Waals surface area contributed by atoms with Gasteiger partial charge in [-0.1, -0.05) is 0 Å². The van der Waals surface area contributed by atoms with Gasteiger partial charge < -0.3 is 15.1 Å². The molecular weight excluding hydrogens is 356 g/mol. The third kappa shape index (κ3) is 4.10.